The molecule has 0 fully saturated rings. The van der Waals surface area contributed by atoms with E-state index in [-0.39, 0.29) is 22.8 Å². The highest BCUT2D eigenvalue weighted by Gasteiger charge is 2.15. The molecule has 2 rings (SSSR count). The minimum atomic E-state index is -0.984. The van der Waals surface area contributed by atoms with Crippen LogP contribution in [0.25, 0.3) is 0 Å². The largest absolute Gasteiger partial charge is 0.478 e. The van der Waals surface area contributed by atoms with Crippen molar-refractivity contribution in [1.82, 2.24) is 10.2 Å². The molecule has 0 spiro atoms. The van der Waals surface area contributed by atoms with Crippen molar-refractivity contribution in [3.05, 3.63) is 70.8 Å². The summed E-state index contributed by atoms with van der Waals surface area (Å²) in [5.74, 6) is -1.33. The second-order valence-corrected chi connectivity index (χ2v) is 7.98. The summed E-state index contributed by atoms with van der Waals surface area (Å²) in [5.41, 5.74) is 2.03. The highest BCUT2D eigenvalue weighted by Crippen LogP contribution is 2.13. The minimum absolute atomic E-state index is 0.00303. The summed E-state index contributed by atoms with van der Waals surface area (Å²) in [4.78, 5) is 37.2. The van der Waals surface area contributed by atoms with Gasteiger partial charge in [-0.3, -0.25) is 9.59 Å². The quantitative estimate of drug-likeness (QED) is 0.801. The predicted molar refractivity (Wildman–Crippen MR) is 107 cm³/mol. The number of carboxylic acid groups (broad SMARTS) is 1. The molecular formula is C22H26N2O4. The molecule has 0 radical (unpaired) electrons. The molecule has 6 nitrogen and oxygen atoms in total. The Morgan fingerprint density at radius 2 is 1.39 bits per heavy atom. The molecule has 0 unspecified atom stereocenters. The van der Waals surface area contributed by atoms with Crippen molar-refractivity contribution < 1.29 is 19.5 Å². The number of carbonyl (C=O) groups is 3. The molecule has 0 bridgehead atoms. The number of hydrogen-bond acceptors (Lipinski definition) is 3. The van der Waals surface area contributed by atoms with Crippen LogP contribution in [0.15, 0.2) is 48.5 Å². The zero-order valence-corrected chi connectivity index (χ0v) is 16.7. The van der Waals surface area contributed by atoms with E-state index >= 15 is 0 Å². The number of benzene rings is 2. The Balaban J connectivity index is 1.99. The van der Waals surface area contributed by atoms with Gasteiger partial charge in [0.05, 0.1) is 5.56 Å². The van der Waals surface area contributed by atoms with Crippen LogP contribution in [0.4, 0.5) is 0 Å². The fourth-order valence-corrected chi connectivity index (χ4v) is 2.53. The minimum Gasteiger partial charge on any atom is -0.478 e. The first-order valence-corrected chi connectivity index (χ1v) is 9.03. The first-order valence-electron chi connectivity index (χ1n) is 9.03. The molecule has 2 aromatic rings. The van der Waals surface area contributed by atoms with Crippen molar-refractivity contribution in [2.45, 2.75) is 27.3 Å². The van der Waals surface area contributed by atoms with Crippen LogP contribution in [0.3, 0.4) is 0 Å². The summed E-state index contributed by atoms with van der Waals surface area (Å²) in [6, 6.07) is 13.0. The summed E-state index contributed by atoms with van der Waals surface area (Å²) in [7, 11) is 1.68. The third-order valence-corrected chi connectivity index (χ3v) is 4.14. The average Bonchev–Trinajstić information content (AvgIpc) is 2.65. The van der Waals surface area contributed by atoms with E-state index in [4.69, 9.17) is 5.11 Å². The second kappa shape index (κ2) is 8.69. The Hall–Kier alpha value is -3.15. The second-order valence-electron chi connectivity index (χ2n) is 7.98. The molecular weight excluding hydrogens is 356 g/mol. The van der Waals surface area contributed by atoms with Crippen molar-refractivity contribution in [2.24, 2.45) is 5.41 Å². The van der Waals surface area contributed by atoms with Gasteiger partial charge in [0.1, 0.15) is 0 Å². The standard InChI is InChI=1S/C22H26N2O4/c1-22(2,3)14-23-19(25)16-9-11-17(12-10-16)20(26)24(4)13-15-5-7-18(8-6-15)21(27)28/h5-12H,13-14H2,1-4H3,(H,23,25)(H,27,28). The van der Waals surface area contributed by atoms with Crippen molar-refractivity contribution >= 4 is 17.8 Å². The maximum Gasteiger partial charge on any atom is 0.335 e. The zero-order valence-electron chi connectivity index (χ0n) is 16.7. The van der Waals surface area contributed by atoms with Crippen LogP contribution in [0.1, 0.15) is 57.4 Å². The Morgan fingerprint density at radius 3 is 1.89 bits per heavy atom. The van der Waals surface area contributed by atoms with Gasteiger partial charge in [-0.2, -0.15) is 0 Å². The molecule has 148 valence electrons. The monoisotopic (exact) mass is 382 g/mol. The maximum atomic E-state index is 12.6. The van der Waals surface area contributed by atoms with E-state index in [1.54, 1.807) is 48.3 Å². The molecule has 0 saturated heterocycles. The number of carbonyl (C=O) groups excluding carboxylic acids is 2. The fourth-order valence-electron chi connectivity index (χ4n) is 2.53. The highest BCUT2D eigenvalue weighted by molar-refractivity contribution is 5.97. The van der Waals surface area contributed by atoms with Gasteiger partial charge in [-0.1, -0.05) is 32.9 Å². The molecule has 0 saturated carbocycles. The van der Waals surface area contributed by atoms with Crippen molar-refractivity contribution in [1.29, 1.82) is 0 Å². The lowest BCUT2D eigenvalue weighted by Gasteiger charge is -2.19. The fraction of sp³-hybridized carbons (Fsp3) is 0.318. The summed E-state index contributed by atoms with van der Waals surface area (Å²) >= 11 is 0. The number of rotatable bonds is 6. The van der Waals surface area contributed by atoms with Crippen LogP contribution in [-0.4, -0.2) is 41.4 Å². The van der Waals surface area contributed by atoms with E-state index in [1.807, 2.05) is 20.8 Å². The van der Waals surface area contributed by atoms with Gasteiger partial charge < -0.3 is 15.3 Å². The first kappa shape index (κ1) is 21.2. The normalized spacial score (nSPS) is 11.0. The SMILES string of the molecule is CN(Cc1ccc(C(=O)O)cc1)C(=O)c1ccc(C(=O)NCC(C)(C)C)cc1. The van der Waals surface area contributed by atoms with E-state index in [0.717, 1.165) is 5.56 Å². The topological polar surface area (TPSA) is 86.7 Å². The van der Waals surface area contributed by atoms with Crippen LogP contribution in [0.2, 0.25) is 0 Å². The molecule has 28 heavy (non-hydrogen) atoms. The number of aromatic carboxylic acids is 1. The molecule has 0 aliphatic carbocycles. The van der Waals surface area contributed by atoms with Gasteiger partial charge in [0.15, 0.2) is 0 Å². The molecule has 0 atom stereocenters. The van der Waals surface area contributed by atoms with E-state index in [2.05, 4.69) is 5.32 Å². The molecule has 0 aromatic heterocycles. The third kappa shape index (κ3) is 5.94. The molecule has 0 aliphatic heterocycles. The smallest absolute Gasteiger partial charge is 0.335 e. The lowest BCUT2D eigenvalue weighted by molar-refractivity contribution is 0.0695. The molecule has 2 aromatic carbocycles. The number of nitrogens with one attached hydrogen (secondary N) is 1. The van der Waals surface area contributed by atoms with Gasteiger partial charge in [-0.05, 0) is 47.4 Å². The summed E-state index contributed by atoms with van der Waals surface area (Å²) in [6.45, 7) is 7.04. The highest BCUT2D eigenvalue weighted by atomic mass is 16.4. The number of amides is 2. The Kier molecular flexibility index (Phi) is 6.57. The van der Waals surface area contributed by atoms with E-state index < -0.39 is 5.97 Å². The predicted octanol–water partition coefficient (Wildman–Crippen LogP) is 3.43. The first-order chi connectivity index (χ1) is 13.1. The van der Waals surface area contributed by atoms with Crippen molar-refractivity contribution in [3.8, 4) is 0 Å². The summed E-state index contributed by atoms with van der Waals surface area (Å²) in [6.07, 6.45) is 0. The number of carboxylic acids is 1. The number of nitrogens with zero attached hydrogens (tertiary/aromatic N) is 1. The van der Waals surface area contributed by atoms with Crippen LogP contribution in [0.5, 0.6) is 0 Å². The molecule has 0 heterocycles. The van der Waals surface area contributed by atoms with Crippen LogP contribution in [0, 0.1) is 5.41 Å². The molecule has 6 heteroatoms. The van der Waals surface area contributed by atoms with Crippen molar-refractivity contribution in [3.63, 3.8) is 0 Å². The molecule has 0 aliphatic rings. The van der Waals surface area contributed by atoms with Crippen LogP contribution in [-0.2, 0) is 6.54 Å². The van der Waals surface area contributed by atoms with E-state index in [9.17, 15) is 14.4 Å². The maximum absolute atomic E-state index is 12.6. The third-order valence-electron chi connectivity index (χ3n) is 4.14. The van der Waals surface area contributed by atoms with Gasteiger partial charge in [-0.25, -0.2) is 4.79 Å². The molecule has 2 N–H and O–H groups in total. The Morgan fingerprint density at radius 1 is 0.893 bits per heavy atom. The number of hydrogen-bond donors (Lipinski definition) is 2. The van der Waals surface area contributed by atoms with Gasteiger partial charge in [0.25, 0.3) is 11.8 Å². The van der Waals surface area contributed by atoms with Crippen molar-refractivity contribution in [2.75, 3.05) is 13.6 Å². The summed E-state index contributed by atoms with van der Waals surface area (Å²) < 4.78 is 0. The van der Waals surface area contributed by atoms with Crippen LogP contribution >= 0.6 is 0 Å². The van der Waals surface area contributed by atoms with E-state index in [0.29, 0.717) is 24.2 Å². The van der Waals surface area contributed by atoms with Gasteiger partial charge >= 0.3 is 5.97 Å². The average molecular weight is 382 g/mol. The Labute approximate surface area is 165 Å². The summed E-state index contributed by atoms with van der Waals surface area (Å²) in [5, 5.41) is 11.8. The zero-order chi connectivity index (χ0) is 20.9. The van der Waals surface area contributed by atoms with E-state index in [1.165, 1.54) is 12.1 Å². The van der Waals surface area contributed by atoms with Gasteiger partial charge in [-0.15, -0.1) is 0 Å². The lowest BCUT2D eigenvalue weighted by atomic mass is 9.97. The lowest BCUT2D eigenvalue weighted by Crippen LogP contribution is -2.32. The van der Waals surface area contributed by atoms with Gasteiger partial charge in [0, 0.05) is 31.3 Å². The van der Waals surface area contributed by atoms with Crippen LogP contribution < -0.4 is 5.32 Å². The molecule has 2 amide bonds. The Bertz CT molecular complexity index is 850. The van der Waals surface area contributed by atoms with Gasteiger partial charge in [0.2, 0.25) is 0 Å².